The van der Waals surface area contributed by atoms with E-state index in [0.717, 1.165) is 0 Å². The smallest absolute Gasteiger partial charge is 0.419 e. The summed E-state index contributed by atoms with van der Waals surface area (Å²) in [7, 11) is 0. The van der Waals surface area contributed by atoms with Crippen LogP contribution in [0.1, 0.15) is 21.5 Å². The molecule has 0 unspecified atom stereocenters. The highest BCUT2D eigenvalue weighted by Gasteiger charge is 2.36. The fraction of sp³-hybridized carbons (Fsp3) is 0.0714. The van der Waals surface area contributed by atoms with Gasteiger partial charge < -0.3 is 5.11 Å². The van der Waals surface area contributed by atoms with Crippen molar-refractivity contribution in [3.63, 3.8) is 0 Å². The Labute approximate surface area is 123 Å². The normalized spacial score (nSPS) is 11.6. The van der Waals surface area contributed by atoms with Crippen LogP contribution in [0.2, 0.25) is 0 Å². The van der Waals surface area contributed by atoms with Crippen LogP contribution in [0.15, 0.2) is 24.3 Å². The molecule has 0 atom stereocenters. The van der Waals surface area contributed by atoms with Crippen molar-refractivity contribution in [1.82, 2.24) is 0 Å². The summed E-state index contributed by atoms with van der Waals surface area (Å²) in [6, 6.07) is 1.50. The molecule has 0 bridgehead atoms. The number of aromatic hydroxyl groups is 1. The molecular formula is C14H5F7O2. The molecule has 1 N–H and O–H groups in total. The van der Waals surface area contributed by atoms with Crippen molar-refractivity contribution in [2.45, 2.75) is 6.18 Å². The van der Waals surface area contributed by atoms with Gasteiger partial charge in [-0.3, -0.25) is 4.79 Å². The van der Waals surface area contributed by atoms with Crippen molar-refractivity contribution in [3.8, 4) is 5.75 Å². The van der Waals surface area contributed by atoms with Gasteiger partial charge in [0.1, 0.15) is 0 Å². The van der Waals surface area contributed by atoms with E-state index in [4.69, 9.17) is 0 Å². The van der Waals surface area contributed by atoms with Gasteiger partial charge in [-0.2, -0.15) is 13.2 Å². The number of hydrogen-bond donors (Lipinski definition) is 1. The summed E-state index contributed by atoms with van der Waals surface area (Å²) in [6.07, 6.45) is -5.13. The maximum absolute atomic E-state index is 13.5. The lowest BCUT2D eigenvalue weighted by Crippen LogP contribution is -2.12. The Hall–Kier alpha value is -2.58. The lowest BCUT2D eigenvalue weighted by molar-refractivity contribution is -0.140. The van der Waals surface area contributed by atoms with Gasteiger partial charge in [0.2, 0.25) is 0 Å². The molecule has 0 aromatic heterocycles. The molecule has 0 spiro atoms. The molecule has 0 fully saturated rings. The summed E-state index contributed by atoms with van der Waals surface area (Å²) < 4.78 is 90.3. The summed E-state index contributed by atoms with van der Waals surface area (Å²) in [5.41, 5.74) is -3.93. The van der Waals surface area contributed by atoms with Crippen molar-refractivity contribution in [1.29, 1.82) is 0 Å². The van der Waals surface area contributed by atoms with Crippen LogP contribution in [0.25, 0.3) is 0 Å². The molecule has 9 heteroatoms. The second-order valence-corrected chi connectivity index (χ2v) is 4.37. The molecular weight excluding hydrogens is 333 g/mol. The van der Waals surface area contributed by atoms with Gasteiger partial charge in [-0.05, 0) is 24.3 Å². The highest BCUT2D eigenvalue weighted by molar-refractivity contribution is 6.10. The molecule has 0 heterocycles. The minimum atomic E-state index is -5.13. The average Bonchev–Trinajstić information content (AvgIpc) is 2.46. The SMILES string of the molecule is O=C(c1ccc(C(F)(F)F)c(F)c1O)c1ccc(F)c(F)c1F. The molecule has 0 aliphatic carbocycles. The first kappa shape index (κ1) is 16.8. The Bertz CT molecular complexity index is 797. The molecule has 2 rings (SSSR count). The lowest BCUT2D eigenvalue weighted by Gasteiger charge is -2.12. The van der Waals surface area contributed by atoms with Gasteiger partial charge >= 0.3 is 6.18 Å². The quantitative estimate of drug-likeness (QED) is 0.506. The first-order chi connectivity index (χ1) is 10.6. The minimum Gasteiger partial charge on any atom is -0.504 e. The Morgan fingerprint density at radius 2 is 1.39 bits per heavy atom. The van der Waals surface area contributed by atoms with Gasteiger partial charge in [0.15, 0.2) is 34.8 Å². The molecule has 0 aliphatic rings. The number of carbonyl (C=O) groups excluding carboxylic acids is 1. The number of hydrogen-bond acceptors (Lipinski definition) is 2. The van der Waals surface area contributed by atoms with Crippen molar-refractivity contribution < 1.29 is 40.6 Å². The fourth-order valence-electron chi connectivity index (χ4n) is 1.81. The molecule has 2 aromatic rings. The Balaban J connectivity index is 2.58. The molecule has 0 saturated heterocycles. The van der Waals surface area contributed by atoms with Crippen LogP contribution in [0, 0.1) is 23.3 Å². The first-order valence-corrected chi connectivity index (χ1v) is 5.82. The fourth-order valence-corrected chi connectivity index (χ4v) is 1.81. The van der Waals surface area contributed by atoms with E-state index in [9.17, 15) is 40.6 Å². The van der Waals surface area contributed by atoms with Crippen LogP contribution in [0.3, 0.4) is 0 Å². The van der Waals surface area contributed by atoms with Crippen LogP contribution >= 0.6 is 0 Å². The van der Waals surface area contributed by atoms with Gasteiger partial charge in [0.05, 0.1) is 16.7 Å². The Morgan fingerprint density at radius 3 is 1.96 bits per heavy atom. The predicted molar refractivity (Wildman–Crippen MR) is 62.8 cm³/mol. The second kappa shape index (κ2) is 5.56. The highest BCUT2D eigenvalue weighted by atomic mass is 19.4. The number of halogens is 7. The number of benzene rings is 2. The van der Waals surface area contributed by atoms with Crippen molar-refractivity contribution in [3.05, 3.63) is 64.2 Å². The largest absolute Gasteiger partial charge is 0.504 e. The van der Waals surface area contributed by atoms with E-state index in [1.165, 1.54) is 0 Å². The molecule has 122 valence electrons. The van der Waals surface area contributed by atoms with Gasteiger partial charge in [-0.15, -0.1) is 0 Å². The van der Waals surface area contributed by atoms with E-state index in [1.54, 1.807) is 0 Å². The summed E-state index contributed by atoms with van der Waals surface area (Å²) >= 11 is 0. The first-order valence-electron chi connectivity index (χ1n) is 5.82. The lowest BCUT2D eigenvalue weighted by atomic mass is 9.99. The number of rotatable bonds is 2. The molecule has 2 aromatic carbocycles. The maximum Gasteiger partial charge on any atom is 0.419 e. The van der Waals surface area contributed by atoms with Crippen LogP contribution < -0.4 is 0 Å². The summed E-state index contributed by atoms with van der Waals surface area (Å²) in [6.45, 7) is 0. The number of phenols is 1. The van der Waals surface area contributed by atoms with Crippen LogP contribution in [-0.4, -0.2) is 10.9 Å². The zero-order valence-corrected chi connectivity index (χ0v) is 10.8. The average molecular weight is 338 g/mol. The van der Waals surface area contributed by atoms with E-state index in [0.29, 0.717) is 18.2 Å². The summed E-state index contributed by atoms with van der Waals surface area (Å²) in [5.74, 6) is -10.8. The van der Waals surface area contributed by atoms with E-state index < -0.39 is 57.7 Å². The van der Waals surface area contributed by atoms with Gasteiger partial charge in [0, 0.05) is 0 Å². The zero-order chi connectivity index (χ0) is 17.5. The van der Waals surface area contributed by atoms with E-state index in [-0.39, 0.29) is 6.07 Å². The van der Waals surface area contributed by atoms with Crippen LogP contribution in [0.5, 0.6) is 5.75 Å². The number of ketones is 1. The zero-order valence-electron chi connectivity index (χ0n) is 10.8. The summed E-state index contributed by atoms with van der Waals surface area (Å²) in [5, 5.41) is 9.40. The number of carbonyl (C=O) groups is 1. The third kappa shape index (κ3) is 2.86. The van der Waals surface area contributed by atoms with E-state index in [1.807, 2.05) is 0 Å². The van der Waals surface area contributed by atoms with E-state index in [2.05, 4.69) is 0 Å². The number of alkyl halides is 3. The van der Waals surface area contributed by atoms with Crippen molar-refractivity contribution in [2.24, 2.45) is 0 Å². The summed E-state index contributed by atoms with van der Waals surface area (Å²) in [4.78, 5) is 11.9. The third-order valence-corrected chi connectivity index (χ3v) is 2.95. The standard InChI is InChI=1S/C14H5F7O2/c15-8-4-2-5(9(16)11(8)18)12(22)6-1-3-7(14(19,20)21)10(17)13(6)23/h1-4,23H. The topological polar surface area (TPSA) is 37.3 Å². The van der Waals surface area contributed by atoms with E-state index >= 15 is 0 Å². The third-order valence-electron chi connectivity index (χ3n) is 2.95. The Morgan fingerprint density at radius 1 is 0.826 bits per heavy atom. The van der Waals surface area contributed by atoms with Gasteiger partial charge in [-0.25, -0.2) is 17.6 Å². The highest BCUT2D eigenvalue weighted by Crippen LogP contribution is 2.37. The Kier molecular flexibility index (Phi) is 4.06. The number of phenolic OH excluding ortho intramolecular Hbond substituents is 1. The van der Waals surface area contributed by atoms with Crippen LogP contribution in [0.4, 0.5) is 30.7 Å². The molecule has 0 amide bonds. The van der Waals surface area contributed by atoms with Gasteiger partial charge in [0.25, 0.3) is 0 Å². The predicted octanol–water partition coefficient (Wildman–Crippen LogP) is 4.20. The molecule has 0 aliphatic heterocycles. The monoisotopic (exact) mass is 338 g/mol. The molecule has 0 saturated carbocycles. The van der Waals surface area contributed by atoms with Crippen molar-refractivity contribution in [2.75, 3.05) is 0 Å². The maximum atomic E-state index is 13.5. The molecule has 2 nitrogen and oxygen atoms in total. The molecule has 23 heavy (non-hydrogen) atoms. The molecule has 0 radical (unpaired) electrons. The minimum absolute atomic E-state index is 0.167. The van der Waals surface area contributed by atoms with Crippen molar-refractivity contribution >= 4 is 5.78 Å². The van der Waals surface area contributed by atoms with Gasteiger partial charge in [-0.1, -0.05) is 0 Å². The van der Waals surface area contributed by atoms with Crippen LogP contribution in [-0.2, 0) is 6.18 Å². The second-order valence-electron chi connectivity index (χ2n) is 4.37.